The number of aliphatic hydroxyl groups is 1. The second-order valence-corrected chi connectivity index (χ2v) is 3.01. The molecule has 2 nitrogen and oxygen atoms in total. The maximum Gasteiger partial charge on any atom is 0.108 e. The zero-order valence-electron chi connectivity index (χ0n) is 6.26. The summed E-state index contributed by atoms with van der Waals surface area (Å²) in [6.45, 7) is 1.49. The summed E-state index contributed by atoms with van der Waals surface area (Å²) in [7, 11) is 1.95. The van der Waals surface area contributed by atoms with E-state index in [9.17, 15) is 4.39 Å². The summed E-state index contributed by atoms with van der Waals surface area (Å²) >= 11 is 0. The Morgan fingerprint density at radius 3 is 2.90 bits per heavy atom. The fourth-order valence-electron chi connectivity index (χ4n) is 1.36. The van der Waals surface area contributed by atoms with E-state index in [1.165, 1.54) is 0 Å². The number of halogens is 1. The molecule has 1 saturated heterocycles. The number of alkyl halides is 1. The van der Waals surface area contributed by atoms with Crippen molar-refractivity contribution in [1.82, 2.24) is 4.90 Å². The molecular weight excluding hydrogens is 133 g/mol. The van der Waals surface area contributed by atoms with Gasteiger partial charge in [-0.25, -0.2) is 4.39 Å². The van der Waals surface area contributed by atoms with Gasteiger partial charge in [-0.15, -0.1) is 0 Å². The molecule has 2 atom stereocenters. The Morgan fingerprint density at radius 1 is 1.70 bits per heavy atom. The van der Waals surface area contributed by atoms with Gasteiger partial charge in [0.25, 0.3) is 0 Å². The van der Waals surface area contributed by atoms with Crippen molar-refractivity contribution < 1.29 is 9.50 Å². The van der Waals surface area contributed by atoms with Gasteiger partial charge in [0.1, 0.15) is 6.17 Å². The van der Waals surface area contributed by atoms with Crippen LogP contribution in [-0.2, 0) is 0 Å². The normalized spacial score (nSPS) is 36.3. The third-order valence-electron chi connectivity index (χ3n) is 2.08. The van der Waals surface area contributed by atoms with Crippen LogP contribution in [-0.4, -0.2) is 42.9 Å². The largest absolute Gasteiger partial charge is 0.396 e. The summed E-state index contributed by atoms with van der Waals surface area (Å²) in [6.07, 6.45) is -0.219. The highest BCUT2D eigenvalue weighted by molar-refractivity contribution is 4.77. The predicted octanol–water partition coefficient (Wildman–Crippen LogP) is 0.269. The third-order valence-corrected chi connectivity index (χ3v) is 2.08. The van der Waals surface area contributed by atoms with Gasteiger partial charge >= 0.3 is 0 Å². The van der Waals surface area contributed by atoms with Crippen molar-refractivity contribution in [2.75, 3.05) is 26.7 Å². The number of hydrogen-bond acceptors (Lipinski definition) is 2. The molecule has 0 aromatic rings. The van der Waals surface area contributed by atoms with Crippen LogP contribution in [0.15, 0.2) is 0 Å². The zero-order valence-corrected chi connectivity index (χ0v) is 6.26. The van der Waals surface area contributed by atoms with Crippen molar-refractivity contribution in [2.45, 2.75) is 12.6 Å². The minimum atomic E-state index is -0.791. The van der Waals surface area contributed by atoms with Gasteiger partial charge in [0.2, 0.25) is 0 Å². The average Bonchev–Trinajstić information content (AvgIpc) is 1.94. The average molecular weight is 147 g/mol. The van der Waals surface area contributed by atoms with E-state index in [0.717, 1.165) is 6.54 Å². The molecule has 1 aliphatic rings. The Bertz CT molecular complexity index is 110. The van der Waals surface area contributed by atoms with Gasteiger partial charge in [-0.1, -0.05) is 0 Å². The molecule has 0 radical (unpaired) electrons. The predicted molar refractivity (Wildman–Crippen MR) is 37.6 cm³/mol. The van der Waals surface area contributed by atoms with Crippen LogP contribution in [0.4, 0.5) is 4.39 Å². The van der Waals surface area contributed by atoms with E-state index in [2.05, 4.69) is 4.90 Å². The molecular formula is C7H14FNO. The molecule has 60 valence electrons. The van der Waals surface area contributed by atoms with Gasteiger partial charge in [0.05, 0.1) is 0 Å². The zero-order chi connectivity index (χ0) is 7.56. The molecule has 0 aliphatic carbocycles. The Morgan fingerprint density at radius 2 is 2.40 bits per heavy atom. The molecule has 0 unspecified atom stereocenters. The molecule has 1 fully saturated rings. The summed E-state index contributed by atoms with van der Waals surface area (Å²) in [4.78, 5) is 2.05. The summed E-state index contributed by atoms with van der Waals surface area (Å²) in [6, 6.07) is 0. The van der Waals surface area contributed by atoms with E-state index in [4.69, 9.17) is 5.11 Å². The second kappa shape index (κ2) is 3.30. The molecule has 1 aliphatic heterocycles. The van der Waals surface area contributed by atoms with E-state index < -0.39 is 6.17 Å². The Balaban J connectivity index is 2.38. The highest BCUT2D eigenvalue weighted by atomic mass is 19.1. The van der Waals surface area contributed by atoms with Crippen molar-refractivity contribution in [3.05, 3.63) is 0 Å². The topological polar surface area (TPSA) is 23.5 Å². The highest BCUT2D eigenvalue weighted by Crippen LogP contribution is 2.18. The lowest BCUT2D eigenvalue weighted by Gasteiger charge is -2.31. The number of piperidine rings is 1. The number of likely N-dealkylation sites (tertiary alicyclic amines) is 1. The van der Waals surface area contributed by atoms with Crippen molar-refractivity contribution in [1.29, 1.82) is 0 Å². The smallest absolute Gasteiger partial charge is 0.108 e. The summed E-state index contributed by atoms with van der Waals surface area (Å²) in [5.74, 6) is -0.154. The summed E-state index contributed by atoms with van der Waals surface area (Å²) in [5, 5.41) is 8.71. The summed E-state index contributed by atoms with van der Waals surface area (Å²) < 4.78 is 12.8. The van der Waals surface area contributed by atoms with E-state index in [-0.39, 0.29) is 12.5 Å². The minimum absolute atomic E-state index is 0.0223. The van der Waals surface area contributed by atoms with Crippen LogP contribution in [0.1, 0.15) is 6.42 Å². The van der Waals surface area contributed by atoms with Crippen LogP contribution >= 0.6 is 0 Å². The van der Waals surface area contributed by atoms with Gasteiger partial charge < -0.3 is 10.0 Å². The SMILES string of the molecule is CN1CC[C@@H](F)[C@H](CO)C1. The molecule has 0 amide bonds. The molecule has 0 saturated carbocycles. The molecule has 3 heteroatoms. The first kappa shape index (κ1) is 7.95. The first-order chi connectivity index (χ1) is 4.74. The minimum Gasteiger partial charge on any atom is -0.396 e. The van der Waals surface area contributed by atoms with Crippen LogP contribution in [0.5, 0.6) is 0 Å². The van der Waals surface area contributed by atoms with Crippen molar-refractivity contribution in [3.8, 4) is 0 Å². The Hall–Kier alpha value is -0.150. The Labute approximate surface area is 60.6 Å². The molecule has 0 spiro atoms. The van der Waals surface area contributed by atoms with E-state index in [0.29, 0.717) is 13.0 Å². The molecule has 0 bridgehead atoms. The number of rotatable bonds is 1. The van der Waals surface area contributed by atoms with Gasteiger partial charge in [-0.05, 0) is 13.5 Å². The lowest BCUT2D eigenvalue weighted by molar-refractivity contribution is 0.0616. The molecule has 10 heavy (non-hydrogen) atoms. The number of hydrogen-bond donors (Lipinski definition) is 1. The van der Waals surface area contributed by atoms with Crippen LogP contribution < -0.4 is 0 Å². The van der Waals surface area contributed by atoms with Crippen molar-refractivity contribution in [3.63, 3.8) is 0 Å². The fraction of sp³-hybridized carbons (Fsp3) is 1.00. The quantitative estimate of drug-likeness (QED) is 0.575. The molecule has 1 heterocycles. The van der Waals surface area contributed by atoms with Crippen molar-refractivity contribution >= 4 is 0 Å². The maximum absolute atomic E-state index is 12.8. The van der Waals surface area contributed by atoms with Crippen LogP contribution in [0, 0.1) is 5.92 Å². The van der Waals surface area contributed by atoms with E-state index >= 15 is 0 Å². The van der Waals surface area contributed by atoms with Gasteiger partial charge in [-0.3, -0.25) is 0 Å². The first-order valence-corrected chi connectivity index (χ1v) is 3.67. The van der Waals surface area contributed by atoms with E-state index in [1.807, 2.05) is 7.05 Å². The Kier molecular flexibility index (Phi) is 2.63. The van der Waals surface area contributed by atoms with Gasteiger partial charge in [0, 0.05) is 25.6 Å². The number of nitrogens with zero attached hydrogens (tertiary/aromatic N) is 1. The van der Waals surface area contributed by atoms with Crippen LogP contribution in [0.2, 0.25) is 0 Å². The van der Waals surface area contributed by atoms with Crippen LogP contribution in [0.3, 0.4) is 0 Å². The summed E-state index contributed by atoms with van der Waals surface area (Å²) in [5.41, 5.74) is 0. The molecule has 1 rings (SSSR count). The van der Waals surface area contributed by atoms with Gasteiger partial charge in [0.15, 0.2) is 0 Å². The second-order valence-electron chi connectivity index (χ2n) is 3.01. The molecule has 0 aromatic heterocycles. The third kappa shape index (κ3) is 1.67. The number of aliphatic hydroxyl groups excluding tert-OH is 1. The van der Waals surface area contributed by atoms with E-state index in [1.54, 1.807) is 0 Å². The molecule has 0 aromatic carbocycles. The standard InChI is InChI=1S/C7H14FNO/c1-9-3-2-7(8)6(4-9)5-10/h6-7,10H,2-5H2,1H3/t6-,7+/m0/s1. The maximum atomic E-state index is 12.8. The molecule has 1 N–H and O–H groups in total. The van der Waals surface area contributed by atoms with Gasteiger partial charge in [-0.2, -0.15) is 0 Å². The lowest BCUT2D eigenvalue weighted by atomic mass is 9.97. The highest BCUT2D eigenvalue weighted by Gasteiger charge is 2.26. The fourth-order valence-corrected chi connectivity index (χ4v) is 1.36. The lowest BCUT2D eigenvalue weighted by Crippen LogP contribution is -2.40. The first-order valence-electron chi connectivity index (χ1n) is 3.67. The monoisotopic (exact) mass is 147 g/mol. The van der Waals surface area contributed by atoms with Crippen LogP contribution in [0.25, 0.3) is 0 Å². The van der Waals surface area contributed by atoms with Crippen molar-refractivity contribution in [2.24, 2.45) is 5.92 Å².